The third-order valence-corrected chi connectivity index (χ3v) is 12.0. The molecule has 0 amide bonds. The van der Waals surface area contributed by atoms with E-state index in [9.17, 15) is 25.2 Å². The lowest BCUT2D eigenvalue weighted by molar-refractivity contribution is -0.303. The second kappa shape index (κ2) is 8.38. The van der Waals surface area contributed by atoms with Gasteiger partial charge in [0.25, 0.3) is 6.29 Å². The monoisotopic (exact) mass is 571 g/mol. The van der Waals surface area contributed by atoms with E-state index in [2.05, 4.69) is 26.1 Å². The number of rotatable bonds is 5. The van der Waals surface area contributed by atoms with E-state index in [0.717, 1.165) is 50.3 Å². The van der Waals surface area contributed by atoms with Crippen molar-refractivity contribution in [1.29, 1.82) is 0 Å². The third-order valence-electron chi connectivity index (χ3n) is 12.0. The number of fused-ring (bicyclic) bond motifs is 2. The Kier molecular flexibility index (Phi) is 5.61. The molecule has 0 aromatic heterocycles. The Morgan fingerprint density at radius 1 is 1.12 bits per heavy atom. The van der Waals surface area contributed by atoms with Gasteiger partial charge < -0.3 is 44.7 Å². The summed E-state index contributed by atoms with van der Waals surface area (Å²) in [6.45, 7) is 9.00. The Morgan fingerprint density at radius 3 is 2.56 bits per heavy atom. The Morgan fingerprint density at radius 2 is 1.88 bits per heavy atom. The van der Waals surface area contributed by atoms with Crippen LogP contribution in [0.3, 0.4) is 0 Å². The number of methoxy groups -OCH3 is 1. The van der Waals surface area contributed by atoms with E-state index in [1.165, 1.54) is 5.56 Å². The van der Waals surface area contributed by atoms with Crippen LogP contribution in [-0.4, -0.2) is 81.9 Å². The molecule has 8 rings (SSSR count). The molecule has 10 nitrogen and oxygen atoms in total. The van der Waals surface area contributed by atoms with Crippen LogP contribution in [0.2, 0.25) is 0 Å². The van der Waals surface area contributed by atoms with E-state index >= 15 is 0 Å². The second-order valence-corrected chi connectivity index (χ2v) is 14.2. The van der Waals surface area contributed by atoms with E-state index in [-0.39, 0.29) is 28.9 Å². The molecule has 3 aliphatic heterocycles. The fourth-order valence-electron chi connectivity index (χ4n) is 9.60. The van der Waals surface area contributed by atoms with Crippen LogP contribution in [0.5, 0.6) is 11.5 Å². The van der Waals surface area contributed by atoms with Crippen LogP contribution in [0.4, 0.5) is 0 Å². The number of nitrogens with one attached hydrogen (secondary N) is 1. The highest BCUT2D eigenvalue weighted by atomic mass is 16.7. The minimum absolute atomic E-state index is 0.163. The van der Waals surface area contributed by atoms with Crippen molar-refractivity contribution >= 4 is 5.97 Å². The molecule has 1 aromatic rings. The molecule has 10 atom stereocenters. The molecule has 5 N–H and O–H groups in total. The Labute approximate surface area is 239 Å². The van der Waals surface area contributed by atoms with Gasteiger partial charge in [0.15, 0.2) is 17.6 Å². The van der Waals surface area contributed by atoms with Gasteiger partial charge in [0, 0.05) is 35.5 Å². The van der Waals surface area contributed by atoms with Gasteiger partial charge in [-0.2, -0.15) is 0 Å². The molecule has 3 saturated carbocycles. The molecule has 10 heteroatoms. The van der Waals surface area contributed by atoms with Gasteiger partial charge in [0.2, 0.25) is 5.76 Å². The smallest absolute Gasteiger partial charge is 0.371 e. The second-order valence-electron chi connectivity index (χ2n) is 14.2. The van der Waals surface area contributed by atoms with Gasteiger partial charge in [-0.15, -0.1) is 0 Å². The first kappa shape index (κ1) is 27.5. The van der Waals surface area contributed by atoms with Crippen LogP contribution < -0.4 is 14.8 Å². The number of aliphatic carboxylic acids is 1. The summed E-state index contributed by atoms with van der Waals surface area (Å²) in [5, 5.41) is 46.4. The lowest BCUT2D eigenvalue weighted by Crippen LogP contribution is -2.83. The molecule has 1 unspecified atom stereocenters. The van der Waals surface area contributed by atoms with Gasteiger partial charge >= 0.3 is 5.97 Å². The summed E-state index contributed by atoms with van der Waals surface area (Å²) in [7, 11) is 1.74. The molecule has 7 aliphatic rings. The lowest BCUT2D eigenvalue weighted by atomic mass is 9.33. The van der Waals surface area contributed by atoms with Crippen molar-refractivity contribution in [2.45, 2.75) is 107 Å². The minimum Gasteiger partial charge on any atom is -0.482 e. The number of benzene rings is 1. The summed E-state index contributed by atoms with van der Waals surface area (Å²) < 4.78 is 25.2. The third kappa shape index (κ3) is 3.18. The summed E-state index contributed by atoms with van der Waals surface area (Å²) in [4.78, 5) is 11.6. The molecule has 41 heavy (non-hydrogen) atoms. The Hall–Kier alpha value is -2.37. The fraction of sp³-hybridized carbons (Fsp3) is 0.710. The average molecular weight is 572 g/mol. The first-order valence-electron chi connectivity index (χ1n) is 14.7. The van der Waals surface area contributed by atoms with E-state index in [0.29, 0.717) is 11.5 Å². The van der Waals surface area contributed by atoms with Gasteiger partial charge in [-0.3, -0.25) is 0 Å². The normalized spacial score (nSPS) is 43.3. The molecule has 1 saturated heterocycles. The lowest BCUT2D eigenvalue weighted by Gasteiger charge is -2.74. The van der Waals surface area contributed by atoms with Gasteiger partial charge in [0.1, 0.15) is 17.8 Å². The fourth-order valence-corrected chi connectivity index (χ4v) is 9.60. The molecular formula is C31H41NO9. The van der Waals surface area contributed by atoms with Crippen molar-refractivity contribution < 1.29 is 44.2 Å². The van der Waals surface area contributed by atoms with Crippen LogP contribution in [0, 0.1) is 16.7 Å². The maximum absolute atomic E-state index is 12.2. The number of carboxylic acids is 1. The molecule has 2 spiro atoms. The van der Waals surface area contributed by atoms with Crippen molar-refractivity contribution in [1.82, 2.24) is 5.32 Å². The molecule has 0 radical (unpaired) electrons. The van der Waals surface area contributed by atoms with Crippen molar-refractivity contribution in [2.24, 2.45) is 16.7 Å². The van der Waals surface area contributed by atoms with Crippen LogP contribution in [-0.2, 0) is 26.1 Å². The predicted octanol–water partition coefficient (Wildman–Crippen LogP) is 2.01. The largest absolute Gasteiger partial charge is 0.482 e. The number of carbonyl (C=O) groups is 1. The zero-order valence-electron chi connectivity index (χ0n) is 24.3. The number of ether oxygens (including phenoxy) is 4. The van der Waals surface area contributed by atoms with Crippen molar-refractivity contribution in [3.05, 3.63) is 35.1 Å². The Bertz CT molecular complexity index is 1340. The zero-order chi connectivity index (χ0) is 29.3. The predicted molar refractivity (Wildman–Crippen MR) is 145 cm³/mol. The van der Waals surface area contributed by atoms with Crippen LogP contribution >= 0.6 is 0 Å². The number of carboxylic acid groups (broad SMARTS) is 1. The van der Waals surface area contributed by atoms with Gasteiger partial charge in [-0.1, -0.05) is 26.8 Å². The molecule has 4 bridgehead atoms. The highest BCUT2D eigenvalue weighted by Gasteiger charge is 2.81. The quantitative estimate of drug-likeness (QED) is 0.356. The van der Waals surface area contributed by atoms with E-state index in [1.54, 1.807) is 13.2 Å². The molecular weight excluding hydrogens is 530 g/mol. The maximum atomic E-state index is 12.2. The average Bonchev–Trinajstić information content (AvgIpc) is 3.27. The maximum Gasteiger partial charge on any atom is 0.371 e. The Balaban J connectivity index is 1.37. The molecule has 3 heterocycles. The van der Waals surface area contributed by atoms with Crippen molar-refractivity contribution in [3.8, 4) is 11.5 Å². The number of hydrogen-bond acceptors (Lipinski definition) is 9. The summed E-state index contributed by atoms with van der Waals surface area (Å²) in [5.41, 5.74) is -0.441. The SMILES string of the molecule is CO[C@]12CC[C@@]3(C[C@@H]1C(C)(O)C(C)(C)C)[C@H]1Cc4ccc(O[C@@H]5OC(C(=O)O)=C[C@H](O)[C@H]5O)c5c4[C@@]3(CCN1)[C@H]2O5. The van der Waals surface area contributed by atoms with Crippen molar-refractivity contribution in [2.75, 3.05) is 13.7 Å². The number of hydrogen-bond donors (Lipinski definition) is 5. The number of aliphatic hydroxyl groups excluding tert-OH is 2. The summed E-state index contributed by atoms with van der Waals surface area (Å²) in [6, 6.07) is 4.03. The van der Waals surface area contributed by atoms with E-state index in [4.69, 9.17) is 18.9 Å². The zero-order valence-corrected chi connectivity index (χ0v) is 24.3. The van der Waals surface area contributed by atoms with Crippen LogP contribution in [0.1, 0.15) is 64.5 Å². The molecule has 224 valence electrons. The first-order valence-corrected chi connectivity index (χ1v) is 14.7. The number of piperidine rings is 1. The summed E-state index contributed by atoms with van der Waals surface area (Å²) >= 11 is 0. The highest BCUT2D eigenvalue weighted by Crippen LogP contribution is 2.77. The number of aliphatic hydroxyl groups is 3. The minimum atomic E-state index is -1.49. The van der Waals surface area contributed by atoms with Gasteiger partial charge in [-0.25, -0.2) is 4.79 Å². The summed E-state index contributed by atoms with van der Waals surface area (Å²) in [6.07, 6.45) is 0.357. The first-order chi connectivity index (χ1) is 19.2. The van der Waals surface area contributed by atoms with Crippen LogP contribution in [0.25, 0.3) is 0 Å². The standard InChI is InChI=1S/C31H41NO9/c1-27(2,3)28(4,37)19-14-29-8-9-31(19,38-5)26-30(29)10-11-32-20(29)12-15-6-7-17(23(41-26)21(15)30)39-25-22(34)16(33)13-18(40-25)24(35)36/h6-7,13,16,19-20,22,25-26,32-34,37H,8-12,14H2,1-5H3,(H,35,36)/t16-,19+,20+,22+,25+,26+,28?,29+,30-,31+/m0/s1. The van der Waals surface area contributed by atoms with E-state index < -0.39 is 46.8 Å². The highest BCUT2D eigenvalue weighted by molar-refractivity contribution is 5.84. The topological polar surface area (TPSA) is 147 Å². The van der Waals surface area contributed by atoms with Crippen molar-refractivity contribution in [3.63, 3.8) is 0 Å². The molecule has 4 aliphatic carbocycles. The van der Waals surface area contributed by atoms with E-state index in [1.807, 2.05) is 13.0 Å². The summed E-state index contributed by atoms with van der Waals surface area (Å²) in [5.74, 6) is -1.14. The van der Waals surface area contributed by atoms with Gasteiger partial charge in [0.05, 0.1) is 5.60 Å². The molecule has 4 fully saturated rings. The molecule has 1 aromatic carbocycles. The van der Waals surface area contributed by atoms with Crippen LogP contribution in [0.15, 0.2) is 24.0 Å². The van der Waals surface area contributed by atoms with Gasteiger partial charge in [-0.05, 0) is 68.7 Å².